The Morgan fingerprint density at radius 3 is 2.43 bits per heavy atom. The maximum absolute atomic E-state index is 12.7. The lowest BCUT2D eigenvalue weighted by Gasteiger charge is -2.30. The van der Waals surface area contributed by atoms with Crippen LogP contribution in [0.2, 0.25) is 0 Å². The van der Waals surface area contributed by atoms with Crippen molar-refractivity contribution in [2.45, 2.75) is 25.1 Å². The van der Waals surface area contributed by atoms with Crippen LogP contribution < -0.4 is 0 Å². The van der Waals surface area contributed by atoms with E-state index in [2.05, 4.69) is 0 Å². The van der Waals surface area contributed by atoms with E-state index in [1.165, 1.54) is 19.1 Å². The number of hydrogen-bond acceptors (Lipinski definition) is 3. The Hall–Kier alpha value is -1.11. The van der Waals surface area contributed by atoms with Gasteiger partial charge in [-0.1, -0.05) is 12.1 Å². The molecule has 120 valence electrons. The summed E-state index contributed by atoms with van der Waals surface area (Å²) >= 11 is 0. The summed E-state index contributed by atoms with van der Waals surface area (Å²) in [4.78, 5) is 1.87. The number of nitrogens with zero attached hydrogens (tertiary/aromatic N) is 1. The van der Waals surface area contributed by atoms with Crippen LogP contribution in [-0.4, -0.2) is 43.9 Å². The van der Waals surface area contributed by atoms with Crippen LogP contribution in [0, 0.1) is 0 Å². The largest absolute Gasteiger partial charge is 0.416 e. The summed E-state index contributed by atoms with van der Waals surface area (Å²) in [5, 5.41) is 10.5. The van der Waals surface area contributed by atoms with Crippen LogP contribution in [0.5, 0.6) is 0 Å². The molecule has 6 heteroatoms. The highest BCUT2D eigenvalue weighted by molar-refractivity contribution is 5.29. The van der Waals surface area contributed by atoms with Crippen LogP contribution in [0.15, 0.2) is 24.3 Å². The van der Waals surface area contributed by atoms with Crippen molar-refractivity contribution in [3.63, 3.8) is 0 Å². The second-order valence-electron chi connectivity index (χ2n) is 5.44. The third-order valence-corrected chi connectivity index (χ3v) is 3.28. The standard InChI is InChI=1S/C15H22F3NO2/c1-14(20,11-19(2)8-5-9-21-3)12-6-4-7-13(10-12)15(16,17)18/h4,6-7,10,20H,5,8-9,11H2,1-3H3. The maximum atomic E-state index is 12.7. The van der Waals surface area contributed by atoms with Crippen molar-refractivity contribution in [1.82, 2.24) is 4.90 Å². The van der Waals surface area contributed by atoms with Crippen LogP contribution in [0.25, 0.3) is 0 Å². The van der Waals surface area contributed by atoms with E-state index in [0.717, 1.165) is 18.6 Å². The predicted octanol–water partition coefficient (Wildman–Crippen LogP) is 2.88. The lowest BCUT2D eigenvalue weighted by molar-refractivity contribution is -0.137. The molecule has 0 aliphatic heterocycles. The first-order valence-corrected chi connectivity index (χ1v) is 6.74. The molecule has 0 amide bonds. The third-order valence-electron chi connectivity index (χ3n) is 3.28. The minimum absolute atomic E-state index is 0.248. The summed E-state index contributed by atoms with van der Waals surface area (Å²) in [6.45, 7) is 3.08. The molecule has 1 atom stereocenters. The molecule has 0 fully saturated rings. The van der Waals surface area contributed by atoms with Gasteiger partial charge in [-0.05, 0) is 38.1 Å². The highest BCUT2D eigenvalue weighted by Gasteiger charge is 2.33. The van der Waals surface area contributed by atoms with Crippen molar-refractivity contribution in [1.29, 1.82) is 0 Å². The number of rotatable bonds is 7. The van der Waals surface area contributed by atoms with Gasteiger partial charge >= 0.3 is 6.18 Å². The Balaban J connectivity index is 2.78. The molecule has 0 aromatic heterocycles. The number of benzene rings is 1. The molecule has 1 aromatic rings. The first kappa shape index (κ1) is 17.9. The predicted molar refractivity (Wildman–Crippen MR) is 75.0 cm³/mol. The van der Waals surface area contributed by atoms with Gasteiger partial charge in [-0.15, -0.1) is 0 Å². The number of halogens is 3. The molecular formula is C15H22F3NO2. The Kier molecular flexibility index (Phi) is 6.19. The van der Waals surface area contributed by atoms with Crippen LogP contribution in [-0.2, 0) is 16.5 Å². The SMILES string of the molecule is COCCCN(C)CC(C)(O)c1cccc(C(F)(F)F)c1. The number of hydrogen-bond donors (Lipinski definition) is 1. The van der Waals surface area contributed by atoms with Gasteiger partial charge in [0.05, 0.1) is 11.2 Å². The number of methoxy groups -OCH3 is 1. The van der Waals surface area contributed by atoms with E-state index in [0.29, 0.717) is 13.2 Å². The molecule has 0 aliphatic carbocycles. The topological polar surface area (TPSA) is 32.7 Å². The lowest BCUT2D eigenvalue weighted by Crippen LogP contribution is -2.37. The van der Waals surface area contributed by atoms with Crippen LogP contribution in [0.3, 0.4) is 0 Å². The highest BCUT2D eigenvalue weighted by Crippen LogP contribution is 2.32. The minimum Gasteiger partial charge on any atom is -0.385 e. The van der Waals surface area contributed by atoms with Crippen molar-refractivity contribution < 1.29 is 23.0 Å². The van der Waals surface area contributed by atoms with Crippen molar-refractivity contribution in [3.05, 3.63) is 35.4 Å². The molecule has 21 heavy (non-hydrogen) atoms. The minimum atomic E-state index is -4.41. The van der Waals surface area contributed by atoms with Crippen molar-refractivity contribution >= 4 is 0 Å². The highest BCUT2D eigenvalue weighted by atomic mass is 19.4. The zero-order valence-corrected chi connectivity index (χ0v) is 12.6. The van der Waals surface area contributed by atoms with E-state index in [4.69, 9.17) is 4.74 Å². The fourth-order valence-electron chi connectivity index (χ4n) is 2.21. The molecule has 0 heterocycles. The van der Waals surface area contributed by atoms with Gasteiger partial charge in [0.15, 0.2) is 0 Å². The van der Waals surface area contributed by atoms with E-state index in [1.54, 1.807) is 7.11 Å². The molecule has 1 rings (SSSR count). The second kappa shape index (κ2) is 7.24. The Labute approximate surface area is 123 Å². The van der Waals surface area contributed by atoms with E-state index < -0.39 is 17.3 Å². The monoisotopic (exact) mass is 305 g/mol. The molecule has 0 spiro atoms. The molecule has 3 nitrogen and oxygen atoms in total. The fraction of sp³-hybridized carbons (Fsp3) is 0.600. The molecule has 0 aliphatic rings. The quantitative estimate of drug-likeness (QED) is 0.786. The zero-order chi connectivity index (χ0) is 16.1. The first-order valence-electron chi connectivity index (χ1n) is 6.74. The summed E-state index contributed by atoms with van der Waals surface area (Å²) in [5.41, 5.74) is -1.83. The fourth-order valence-corrected chi connectivity index (χ4v) is 2.21. The zero-order valence-electron chi connectivity index (χ0n) is 12.6. The van der Waals surface area contributed by atoms with Gasteiger partial charge in [0.2, 0.25) is 0 Å². The number of alkyl halides is 3. The molecule has 1 unspecified atom stereocenters. The Morgan fingerprint density at radius 1 is 1.24 bits per heavy atom. The first-order chi connectivity index (χ1) is 9.66. The molecule has 0 radical (unpaired) electrons. The van der Waals surface area contributed by atoms with Gasteiger partial charge in [0.25, 0.3) is 0 Å². The van der Waals surface area contributed by atoms with Gasteiger partial charge in [-0.3, -0.25) is 0 Å². The van der Waals surface area contributed by atoms with Gasteiger partial charge in [-0.2, -0.15) is 13.2 Å². The van der Waals surface area contributed by atoms with Gasteiger partial charge in [0, 0.05) is 26.8 Å². The number of likely N-dealkylation sites (N-methyl/N-ethyl adjacent to an activating group) is 1. The summed E-state index contributed by atoms with van der Waals surface area (Å²) in [6.07, 6.45) is -3.61. The number of ether oxygens (including phenoxy) is 1. The third kappa shape index (κ3) is 5.65. The van der Waals surface area contributed by atoms with Crippen molar-refractivity contribution in [3.8, 4) is 0 Å². The van der Waals surface area contributed by atoms with Crippen LogP contribution in [0.1, 0.15) is 24.5 Å². The normalized spacial score (nSPS) is 15.2. The summed E-state index contributed by atoms with van der Waals surface area (Å²) in [6, 6.07) is 4.83. The van der Waals surface area contributed by atoms with Gasteiger partial charge in [0.1, 0.15) is 0 Å². The average Bonchev–Trinajstić information content (AvgIpc) is 2.37. The lowest BCUT2D eigenvalue weighted by atomic mass is 9.93. The van der Waals surface area contributed by atoms with E-state index in [1.807, 2.05) is 11.9 Å². The molecular weight excluding hydrogens is 283 g/mol. The molecule has 0 saturated heterocycles. The van der Waals surface area contributed by atoms with E-state index in [-0.39, 0.29) is 12.1 Å². The van der Waals surface area contributed by atoms with E-state index in [9.17, 15) is 18.3 Å². The summed E-state index contributed by atoms with van der Waals surface area (Å²) in [5.74, 6) is 0. The molecule has 1 aromatic carbocycles. The number of aliphatic hydroxyl groups is 1. The van der Waals surface area contributed by atoms with Crippen LogP contribution >= 0.6 is 0 Å². The van der Waals surface area contributed by atoms with Crippen molar-refractivity contribution in [2.24, 2.45) is 0 Å². The average molecular weight is 305 g/mol. The van der Waals surface area contributed by atoms with E-state index >= 15 is 0 Å². The Morgan fingerprint density at radius 2 is 1.86 bits per heavy atom. The summed E-state index contributed by atoms with van der Waals surface area (Å²) < 4.78 is 43.1. The summed E-state index contributed by atoms with van der Waals surface area (Å²) in [7, 11) is 3.43. The second-order valence-corrected chi connectivity index (χ2v) is 5.44. The Bertz CT molecular complexity index is 447. The van der Waals surface area contributed by atoms with Gasteiger partial charge in [-0.25, -0.2) is 0 Å². The van der Waals surface area contributed by atoms with Gasteiger partial charge < -0.3 is 14.7 Å². The van der Waals surface area contributed by atoms with Crippen molar-refractivity contribution in [2.75, 3.05) is 33.9 Å². The smallest absolute Gasteiger partial charge is 0.385 e. The molecule has 1 N–H and O–H groups in total. The van der Waals surface area contributed by atoms with Crippen LogP contribution in [0.4, 0.5) is 13.2 Å². The molecule has 0 bridgehead atoms. The molecule has 0 saturated carbocycles. The maximum Gasteiger partial charge on any atom is 0.416 e.